The fourth-order valence-electron chi connectivity index (χ4n) is 1.41. The van der Waals surface area contributed by atoms with Crippen molar-refractivity contribution >= 4 is 5.97 Å². The minimum atomic E-state index is -0.799. The molecule has 1 aromatic carbocycles. The normalized spacial score (nSPS) is 10.2. The average Bonchev–Trinajstić information content (AvgIpc) is 2.38. The summed E-state index contributed by atoms with van der Waals surface area (Å²) in [6, 6.07) is 4.11. The molecule has 0 unspecified atom stereocenters. The van der Waals surface area contributed by atoms with Gasteiger partial charge in [-0.1, -0.05) is 6.07 Å². The summed E-state index contributed by atoms with van der Waals surface area (Å²) < 4.78 is 18.2. The van der Waals surface area contributed by atoms with Crippen molar-refractivity contribution in [2.75, 3.05) is 7.11 Å². The number of carbonyl (C=O) groups is 1. The van der Waals surface area contributed by atoms with Gasteiger partial charge >= 0.3 is 5.97 Å². The van der Waals surface area contributed by atoms with Crippen molar-refractivity contribution in [2.24, 2.45) is 0 Å². The lowest BCUT2D eigenvalue weighted by Gasteiger charge is -2.06. The number of methoxy groups -OCH3 is 1. The predicted molar refractivity (Wildman–Crippen MR) is 59.1 cm³/mol. The number of hydrogen-bond acceptors (Lipinski definition) is 6. The highest BCUT2D eigenvalue weighted by Gasteiger charge is 2.20. The highest BCUT2D eigenvalue weighted by molar-refractivity contribution is 5.96. The van der Waals surface area contributed by atoms with Crippen LogP contribution in [-0.2, 0) is 4.74 Å². The lowest BCUT2D eigenvalue weighted by atomic mass is 10.1. The van der Waals surface area contributed by atoms with Crippen molar-refractivity contribution in [3.05, 3.63) is 35.4 Å². The first kappa shape index (κ1) is 12.0. The molecule has 0 radical (unpaired) electrons. The first-order valence-electron chi connectivity index (χ1n) is 5.04. The molecule has 0 aliphatic heterocycles. The van der Waals surface area contributed by atoms with Gasteiger partial charge in [-0.3, -0.25) is 0 Å². The molecule has 6 nitrogen and oxygen atoms in total. The first-order chi connectivity index (χ1) is 8.63. The zero-order chi connectivity index (χ0) is 13.1. The van der Waals surface area contributed by atoms with Crippen molar-refractivity contribution < 1.29 is 13.9 Å². The van der Waals surface area contributed by atoms with Crippen LogP contribution in [-0.4, -0.2) is 33.5 Å². The quantitative estimate of drug-likeness (QED) is 0.742. The van der Waals surface area contributed by atoms with E-state index >= 15 is 0 Å². The van der Waals surface area contributed by atoms with Gasteiger partial charge in [0.2, 0.25) is 5.82 Å². The number of ether oxygens (including phenoxy) is 1. The van der Waals surface area contributed by atoms with Gasteiger partial charge in [-0.25, -0.2) is 9.18 Å². The number of rotatable bonds is 2. The zero-order valence-electron chi connectivity index (χ0n) is 9.72. The molecule has 0 spiro atoms. The molecule has 1 aromatic heterocycles. The minimum Gasteiger partial charge on any atom is -0.465 e. The minimum absolute atomic E-state index is 0.0699. The maximum Gasteiger partial charge on any atom is 0.341 e. The molecule has 18 heavy (non-hydrogen) atoms. The Hall–Kier alpha value is -2.44. The number of carbonyl (C=O) groups excluding carboxylic acids is 1. The van der Waals surface area contributed by atoms with Gasteiger partial charge < -0.3 is 4.74 Å². The summed E-state index contributed by atoms with van der Waals surface area (Å²) in [5, 5.41) is 15.0. The molecule has 0 fully saturated rings. The Labute approximate surface area is 102 Å². The Morgan fingerprint density at radius 3 is 2.50 bits per heavy atom. The van der Waals surface area contributed by atoms with E-state index in [1.807, 2.05) is 0 Å². The molecule has 0 atom stereocenters. The zero-order valence-corrected chi connectivity index (χ0v) is 9.72. The number of aryl methyl sites for hydroxylation is 1. The monoisotopic (exact) mass is 248 g/mol. The van der Waals surface area contributed by atoms with E-state index in [4.69, 9.17) is 0 Å². The van der Waals surface area contributed by atoms with Crippen LogP contribution in [0.1, 0.15) is 16.2 Å². The third kappa shape index (κ3) is 2.15. The summed E-state index contributed by atoms with van der Waals surface area (Å²) >= 11 is 0. The second-order valence-corrected chi connectivity index (χ2v) is 3.42. The fraction of sp³-hybridized carbons (Fsp3) is 0.182. The summed E-state index contributed by atoms with van der Waals surface area (Å²) in [6.45, 7) is 1.62. The summed E-state index contributed by atoms with van der Waals surface area (Å²) in [6.07, 6.45) is 0. The second kappa shape index (κ2) is 4.82. The number of hydrogen-bond donors (Lipinski definition) is 0. The van der Waals surface area contributed by atoms with E-state index in [-0.39, 0.29) is 17.0 Å². The smallest absolute Gasteiger partial charge is 0.341 e. The third-order valence-electron chi connectivity index (χ3n) is 2.22. The number of esters is 1. The maximum absolute atomic E-state index is 13.7. The molecule has 1 heterocycles. The molecule has 0 bridgehead atoms. The van der Waals surface area contributed by atoms with Crippen LogP contribution in [0.4, 0.5) is 4.39 Å². The van der Waals surface area contributed by atoms with E-state index in [2.05, 4.69) is 25.1 Å². The van der Waals surface area contributed by atoms with E-state index in [1.165, 1.54) is 19.2 Å². The molecule has 2 rings (SSSR count). The molecule has 92 valence electrons. The molecule has 2 aromatic rings. The molecular weight excluding hydrogens is 239 g/mol. The van der Waals surface area contributed by atoms with Gasteiger partial charge in [0, 0.05) is 5.56 Å². The third-order valence-corrected chi connectivity index (χ3v) is 2.22. The molecule has 0 N–H and O–H groups in total. The van der Waals surface area contributed by atoms with Crippen LogP contribution < -0.4 is 0 Å². The number of nitrogens with zero attached hydrogens (tertiary/aromatic N) is 4. The molecule has 0 saturated carbocycles. The van der Waals surface area contributed by atoms with Crippen LogP contribution in [0.15, 0.2) is 18.2 Å². The number of benzene rings is 1. The van der Waals surface area contributed by atoms with E-state index in [0.29, 0.717) is 5.82 Å². The van der Waals surface area contributed by atoms with E-state index in [1.54, 1.807) is 6.92 Å². The van der Waals surface area contributed by atoms with Gasteiger partial charge in [-0.2, -0.15) is 0 Å². The van der Waals surface area contributed by atoms with Crippen molar-refractivity contribution in [3.8, 4) is 11.4 Å². The van der Waals surface area contributed by atoms with Crippen LogP contribution in [0.3, 0.4) is 0 Å². The summed E-state index contributed by atoms with van der Waals surface area (Å²) in [7, 11) is 1.17. The van der Waals surface area contributed by atoms with Gasteiger partial charge in [-0.15, -0.1) is 20.4 Å². The molecule has 0 saturated heterocycles. The number of halogens is 1. The van der Waals surface area contributed by atoms with Crippen molar-refractivity contribution in [2.45, 2.75) is 6.92 Å². The highest BCUT2D eigenvalue weighted by atomic mass is 19.1. The summed E-state index contributed by atoms with van der Waals surface area (Å²) in [5.74, 6) is -1.05. The molecular formula is C11H9FN4O2. The van der Waals surface area contributed by atoms with Crippen LogP contribution in [0.2, 0.25) is 0 Å². The topological polar surface area (TPSA) is 77.9 Å². The maximum atomic E-state index is 13.7. The Kier molecular flexibility index (Phi) is 3.22. The van der Waals surface area contributed by atoms with E-state index < -0.39 is 11.8 Å². The van der Waals surface area contributed by atoms with Gasteiger partial charge in [0.15, 0.2) is 5.82 Å². The molecule has 7 heteroatoms. The average molecular weight is 248 g/mol. The standard InChI is InChI=1S/C11H9FN4O2/c1-6-13-15-10(16-14-6)7-4-3-5-8(12)9(7)11(17)18-2/h3-5H,1-2H3. The largest absolute Gasteiger partial charge is 0.465 e. The van der Waals surface area contributed by atoms with Crippen LogP contribution >= 0.6 is 0 Å². The summed E-state index contributed by atoms with van der Waals surface area (Å²) in [5.41, 5.74) is -0.0331. The van der Waals surface area contributed by atoms with Gasteiger partial charge in [0.1, 0.15) is 11.4 Å². The van der Waals surface area contributed by atoms with E-state index in [0.717, 1.165) is 6.07 Å². The van der Waals surface area contributed by atoms with Crippen molar-refractivity contribution in [1.82, 2.24) is 20.4 Å². The summed E-state index contributed by atoms with van der Waals surface area (Å²) in [4.78, 5) is 11.5. The Bertz CT molecular complexity index is 586. The second-order valence-electron chi connectivity index (χ2n) is 3.42. The van der Waals surface area contributed by atoms with Gasteiger partial charge in [0.25, 0.3) is 0 Å². The molecule has 0 aliphatic rings. The lowest BCUT2D eigenvalue weighted by Crippen LogP contribution is -2.09. The van der Waals surface area contributed by atoms with Gasteiger partial charge in [0.05, 0.1) is 7.11 Å². The molecule has 0 aliphatic carbocycles. The van der Waals surface area contributed by atoms with Crippen LogP contribution in [0.5, 0.6) is 0 Å². The van der Waals surface area contributed by atoms with Crippen molar-refractivity contribution in [1.29, 1.82) is 0 Å². The van der Waals surface area contributed by atoms with Crippen LogP contribution in [0, 0.1) is 12.7 Å². The van der Waals surface area contributed by atoms with Gasteiger partial charge in [-0.05, 0) is 19.1 Å². The van der Waals surface area contributed by atoms with E-state index in [9.17, 15) is 9.18 Å². The predicted octanol–water partition coefficient (Wildman–Crippen LogP) is 1.17. The van der Waals surface area contributed by atoms with Crippen LogP contribution in [0.25, 0.3) is 11.4 Å². The highest BCUT2D eigenvalue weighted by Crippen LogP contribution is 2.22. The van der Waals surface area contributed by atoms with Crippen molar-refractivity contribution in [3.63, 3.8) is 0 Å². The lowest BCUT2D eigenvalue weighted by molar-refractivity contribution is 0.0596. The number of aromatic nitrogens is 4. The SMILES string of the molecule is COC(=O)c1c(F)cccc1-c1nnc(C)nn1. The molecule has 0 amide bonds. The fourth-order valence-corrected chi connectivity index (χ4v) is 1.41. The first-order valence-corrected chi connectivity index (χ1v) is 5.04. The Morgan fingerprint density at radius 2 is 1.89 bits per heavy atom. The Balaban J connectivity index is 2.60. The Morgan fingerprint density at radius 1 is 1.22 bits per heavy atom.